The van der Waals surface area contributed by atoms with E-state index in [1.807, 2.05) is 4.90 Å². The number of hydrogen-bond donors (Lipinski definition) is 2. The van der Waals surface area contributed by atoms with Crippen molar-refractivity contribution >= 4 is 22.8 Å². The van der Waals surface area contributed by atoms with Crippen molar-refractivity contribution in [3.05, 3.63) is 35.8 Å². The summed E-state index contributed by atoms with van der Waals surface area (Å²) < 4.78 is 31.9. The lowest BCUT2D eigenvalue weighted by molar-refractivity contribution is -0.133. The van der Waals surface area contributed by atoms with Crippen LogP contribution in [0.25, 0.3) is 11.0 Å². The number of furan rings is 1. The average Bonchev–Trinajstić information content (AvgIpc) is 3.33. The molecule has 0 bridgehead atoms. The van der Waals surface area contributed by atoms with Crippen molar-refractivity contribution in [1.82, 2.24) is 15.1 Å². The van der Waals surface area contributed by atoms with E-state index in [2.05, 4.69) is 5.32 Å². The van der Waals surface area contributed by atoms with Crippen molar-refractivity contribution in [3.8, 4) is 0 Å². The molecule has 0 spiro atoms. The third kappa shape index (κ3) is 3.72. The fraction of sp³-hybridized carbons (Fsp3) is 0.474. The van der Waals surface area contributed by atoms with E-state index >= 15 is 0 Å². The molecule has 4 rings (SSSR count). The number of nitrogens with zero attached hydrogens (tertiary/aromatic N) is 2. The molecule has 1 aromatic carbocycles. The average molecular weight is 392 g/mol. The first-order valence-electron chi connectivity index (χ1n) is 9.30. The molecule has 2 aliphatic rings. The summed E-state index contributed by atoms with van der Waals surface area (Å²) in [5.74, 6) is -0.922. The van der Waals surface area contributed by atoms with Crippen LogP contribution in [0.15, 0.2) is 28.9 Å². The second kappa shape index (κ2) is 7.48. The second-order valence-corrected chi connectivity index (χ2v) is 7.43. The number of rotatable bonds is 4. The van der Waals surface area contributed by atoms with E-state index in [0.29, 0.717) is 36.0 Å². The quantitative estimate of drug-likeness (QED) is 0.817. The Morgan fingerprint density at radius 2 is 2.14 bits per heavy atom. The fourth-order valence-corrected chi connectivity index (χ4v) is 3.92. The lowest BCUT2D eigenvalue weighted by atomic mass is 10.1. The van der Waals surface area contributed by atoms with Gasteiger partial charge in [-0.05, 0) is 18.6 Å². The number of amides is 2. The Labute approximate surface area is 160 Å². The topological polar surface area (TPSA) is 91.8 Å². The van der Waals surface area contributed by atoms with Gasteiger partial charge >= 0.3 is 0 Å². The molecule has 3 atom stereocenters. The molecular weight excluding hydrogens is 370 g/mol. The summed E-state index contributed by atoms with van der Waals surface area (Å²) in [6.45, 7) is 1.36. The number of carbonyl (C=O) groups excluding carboxylic acids is 2. The molecule has 2 saturated heterocycles. The van der Waals surface area contributed by atoms with Gasteiger partial charge in [0.1, 0.15) is 23.8 Å². The van der Waals surface area contributed by atoms with Crippen molar-refractivity contribution in [1.29, 1.82) is 0 Å². The smallest absolute Gasteiger partial charge is 0.255 e. The number of carbonyl (C=O) groups is 2. The van der Waals surface area contributed by atoms with E-state index in [9.17, 15) is 18.4 Å². The fourth-order valence-electron chi connectivity index (χ4n) is 3.92. The molecule has 28 heavy (non-hydrogen) atoms. The normalized spacial score (nSPS) is 25.5. The minimum Gasteiger partial charge on any atom is -0.463 e. The predicted octanol–water partition coefficient (Wildman–Crippen LogP) is 1.23. The first-order valence-corrected chi connectivity index (χ1v) is 9.30. The van der Waals surface area contributed by atoms with Gasteiger partial charge in [-0.3, -0.25) is 14.5 Å². The van der Waals surface area contributed by atoms with Crippen molar-refractivity contribution < 1.29 is 22.8 Å². The Morgan fingerprint density at radius 1 is 1.32 bits per heavy atom. The van der Waals surface area contributed by atoms with Crippen LogP contribution in [0.5, 0.6) is 0 Å². The van der Waals surface area contributed by atoms with Crippen LogP contribution in [0.4, 0.5) is 8.78 Å². The van der Waals surface area contributed by atoms with Gasteiger partial charge in [-0.1, -0.05) is 0 Å². The molecule has 0 aliphatic carbocycles. The van der Waals surface area contributed by atoms with Gasteiger partial charge < -0.3 is 20.4 Å². The highest BCUT2D eigenvalue weighted by Gasteiger charge is 2.34. The highest BCUT2D eigenvalue weighted by atomic mass is 19.1. The molecule has 150 valence electrons. The third-order valence-electron chi connectivity index (χ3n) is 5.36. The number of likely N-dealkylation sites (tertiary alicyclic amines) is 2. The maximum Gasteiger partial charge on any atom is 0.255 e. The zero-order valence-electron chi connectivity index (χ0n) is 15.2. The standard InChI is InChI=1S/C19H22F2N4O3/c20-11-1-2-14-15(10-28-16(14)5-11)19(27)23-13-3-4-24(8-13)9-18(26)25-7-12(21)6-17(25)22/h1-2,5,10,12-13,17H,3-4,6-9,22H2,(H,23,27)/t12-,13-,17-/m0/s1. The molecule has 3 heterocycles. The first kappa shape index (κ1) is 18.8. The van der Waals surface area contributed by atoms with Gasteiger partial charge in [-0.2, -0.15) is 0 Å². The zero-order chi connectivity index (χ0) is 19.8. The number of nitrogens with two attached hydrogens (primary N) is 1. The van der Waals surface area contributed by atoms with Crippen LogP contribution in [0, 0.1) is 5.82 Å². The SMILES string of the molecule is N[C@@H]1C[C@H](F)CN1C(=O)CN1CC[C@H](NC(=O)c2coc3cc(F)ccc23)C1. The van der Waals surface area contributed by atoms with E-state index in [1.165, 1.54) is 29.4 Å². The van der Waals surface area contributed by atoms with Crippen LogP contribution < -0.4 is 11.1 Å². The van der Waals surface area contributed by atoms with Crippen LogP contribution in [-0.4, -0.2) is 66.2 Å². The summed E-state index contributed by atoms with van der Waals surface area (Å²) in [4.78, 5) is 28.2. The Hall–Kier alpha value is -2.52. The molecule has 7 nitrogen and oxygen atoms in total. The summed E-state index contributed by atoms with van der Waals surface area (Å²) >= 11 is 0. The monoisotopic (exact) mass is 392 g/mol. The van der Waals surface area contributed by atoms with Gasteiger partial charge in [-0.25, -0.2) is 8.78 Å². The molecule has 0 saturated carbocycles. The first-order chi connectivity index (χ1) is 13.4. The van der Waals surface area contributed by atoms with Crippen LogP contribution in [0.1, 0.15) is 23.2 Å². The van der Waals surface area contributed by atoms with Gasteiger partial charge in [0.05, 0.1) is 24.8 Å². The molecule has 0 radical (unpaired) electrons. The molecule has 2 aromatic rings. The Kier molecular flexibility index (Phi) is 5.03. The predicted molar refractivity (Wildman–Crippen MR) is 97.7 cm³/mol. The maximum atomic E-state index is 13.4. The van der Waals surface area contributed by atoms with Crippen LogP contribution in [0.3, 0.4) is 0 Å². The van der Waals surface area contributed by atoms with Crippen molar-refractivity contribution in [2.45, 2.75) is 31.2 Å². The molecule has 0 unspecified atom stereocenters. The molecule has 9 heteroatoms. The minimum absolute atomic E-state index is 0.0438. The lowest BCUT2D eigenvalue weighted by Crippen LogP contribution is -2.46. The maximum absolute atomic E-state index is 13.4. The number of hydrogen-bond acceptors (Lipinski definition) is 5. The van der Waals surface area contributed by atoms with E-state index in [1.54, 1.807) is 0 Å². The van der Waals surface area contributed by atoms with Crippen LogP contribution in [-0.2, 0) is 4.79 Å². The number of alkyl halides is 1. The van der Waals surface area contributed by atoms with Crippen LogP contribution >= 0.6 is 0 Å². The molecule has 2 aliphatic heterocycles. The molecule has 2 fully saturated rings. The second-order valence-electron chi connectivity index (χ2n) is 7.43. The molecule has 1 aromatic heterocycles. The highest BCUT2D eigenvalue weighted by Crippen LogP contribution is 2.23. The summed E-state index contributed by atoms with van der Waals surface area (Å²) in [5.41, 5.74) is 6.47. The zero-order valence-corrected chi connectivity index (χ0v) is 15.2. The minimum atomic E-state index is -1.07. The summed E-state index contributed by atoms with van der Waals surface area (Å²) in [7, 11) is 0. The highest BCUT2D eigenvalue weighted by molar-refractivity contribution is 6.06. The lowest BCUT2D eigenvalue weighted by Gasteiger charge is -2.24. The van der Waals surface area contributed by atoms with Crippen LogP contribution in [0.2, 0.25) is 0 Å². The van der Waals surface area contributed by atoms with Crippen molar-refractivity contribution in [3.63, 3.8) is 0 Å². The van der Waals surface area contributed by atoms with Gasteiger partial charge in [0.15, 0.2) is 0 Å². The number of halogens is 2. The largest absolute Gasteiger partial charge is 0.463 e. The molecule has 2 amide bonds. The number of benzene rings is 1. The summed E-state index contributed by atoms with van der Waals surface area (Å²) in [6, 6.07) is 3.91. The van der Waals surface area contributed by atoms with Gasteiger partial charge in [-0.15, -0.1) is 0 Å². The summed E-state index contributed by atoms with van der Waals surface area (Å²) in [6.07, 6.45) is 0.550. The van der Waals surface area contributed by atoms with E-state index in [0.717, 1.165) is 0 Å². The Morgan fingerprint density at radius 3 is 2.89 bits per heavy atom. The third-order valence-corrected chi connectivity index (χ3v) is 5.36. The van der Waals surface area contributed by atoms with Gasteiger partial charge in [0, 0.05) is 37.0 Å². The van der Waals surface area contributed by atoms with E-state index < -0.39 is 18.2 Å². The Bertz CT molecular complexity index is 902. The number of nitrogens with one attached hydrogen (secondary N) is 1. The summed E-state index contributed by atoms with van der Waals surface area (Å²) in [5, 5.41) is 3.48. The number of fused-ring (bicyclic) bond motifs is 1. The van der Waals surface area contributed by atoms with Gasteiger partial charge in [0.2, 0.25) is 5.91 Å². The van der Waals surface area contributed by atoms with E-state index in [-0.39, 0.29) is 37.4 Å². The van der Waals surface area contributed by atoms with E-state index in [4.69, 9.17) is 10.2 Å². The van der Waals surface area contributed by atoms with Crippen molar-refractivity contribution in [2.75, 3.05) is 26.2 Å². The molecular formula is C19H22F2N4O3. The molecule has 3 N–H and O–H groups in total. The van der Waals surface area contributed by atoms with Gasteiger partial charge in [0.25, 0.3) is 5.91 Å². The Balaban J connectivity index is 1.33. The van der Waals surface area contributed by atoms with Crippen molar-refractivity contribution in [2.24, 2.45) is 5.73 Å².